The van der Waals surface area contributed by atoms with Gasteiger partial charge in [-0.1, -0.05) is 93.8 Å². The van der Waals surface area contributed by atoms with Crippen molar-refractivity contribution in [2.45, 2.75) is 77.6 Å². The summed E-state index contributed by atoms with van der Waals surface area (Å²) in [6.45, 7) is 8.92. The first-order chi connectivity index (χ1) is 18.8. The van der Waals surface area contributed by atoms with Gasteiger partial charge in [0, 0.05) is 29.1 Å². The first kappa shape index (κ1) is 27.1. The van der Waals surface area contributed by atoms with Gasteiger partial charge in [-0.15, -0.1) is 0 Å². The Kier molecular flexibility index (Phi) is 8.12. The SMILES string of the molecule is Cc1cc(N)ccc1C(C)c1ccc(C(c2ccc(C(C)c3ccc(N)cc3C)cc2)C2CCCCC2)cc1. The molecule has 1 fully saturated rings. The number of benzene rings is 4. The van der Waals surface area contributed by atoms with Gasteiger partial charge in [-0.05, 0) is 101 Å². The predicted octanol–water partition coefficient (Wildman–Crippen LogP) is 9.48. The lowest BCUT2D eigenvalue weighted by Gasteiger charge is -2.32. The van der Waals surface area contributed by atoms with Gasteiger partial charge >= 0.3 is 0 Å². The summed E-state index contributed by atoms with van der Waals surface area (Å²) in [7, 11) is 0. The fourth-order valence-electron chi connectivity index (χ4n) is 6.92. The van der Waals surface area contributed by atoms with Crippen LogP contribution in [0, 0.1) is 19.8 Å². The smallest absolute Gasteiger partial charge is 0.0316 e. The average Bonchev–Trinajstić information content (AvgIpc) is 2.94. The summed E-state index contributed by atoms with van der Waals surface area (Å²) in [5.41, 5.74) is 24.5. The van der Waals surface area contributed by atoms with Crippen LogP contribution in [0.1, 0.15) is 108 Å². The van der Waals surface area contributed by atoms with Gasteiger partial charge in [-0.3, -0.25) is 0 Å². The number of rotatable bonds is 7. The molecule has 2 unspecified atom stereocenters. The molecule has 2 heteroatoms. The summed E-state index contributed by atoms with van der Waals surface area (Å²) in [6, 6.07) is 31.6. The second-order valence-electron chi connectivity index (χ2n) is 11.9. The van der Waals surface area contributed by atoms with Gasteiger partial charge in [-0.25, -0.2) is 0 Å². The Hall–Kier alpha value is -3.52. The zero-order chi connectivity index (χ0) is 27.5. The van der Waals surface area contributed by atoms with Crippen molar-refractivity contribution in [3.8, 4) is 0 Å². The summed E-state index contributed by atoms with van der Waals surface area (Å²) in [5, 5.41) is 0. The van der Waals surface area contributed by atoms with Crippen LogP contribution in [-0.4, -0.2) is 0 Å². The number of hydrogen-bond donors (Lipinski definition) is 2. The Labute approximate surface area is 235 Å². The fraction of sp³-hybridized carbons (Fsp3) is 0.351. The summed E-state index contributed by atoms with van der Waals surface area (Å²) in [6.07, 6.45) is 6.70. The lowest BCUT2D eigenvalue weighted by Crippen LogP contribution is -2.18. The minimum absolute atomic E-state index is 0.338. The normalized spacial score (nSPS) is 16.5. The molecular weight excluding hydrogens is 472 g/mol. The van der Waals surface area contributed by atoms with E-state index in [0.29, 0.717) is 23.7 Å². The summed E-state index contributed by atoms with van der Waals surface area (Å²) in [4.78, 5) is 0. The van der Waals surface area contributed by atoms with E-state index in [-0.39, 0.29) is 0 Å². The van der Waals surface area contributed by atoms with Crippen molar-refractivity contribution in [1.82, 2.24) is 0 Å². The molecular formula is C37H44N2. The second-order valence-corrected chi connectivity index (χ2v) is 11.9. The van der Waals surface area contributed by atoms with E-state index in [2.05, 4.69) is 100 Å². The van der Waals surface area contributed by atoms with Crippen LogP contribution in [0.3, 0.4) is 0 Å². The third kappa shape index (κ3) is 5.91. The molecule has 0 spiro atoms. The van der Waals surface area contributed by atoms with Crippen molar-refractivity contribution in [2.75, 3.05) is 11.5 Å². The van der Waals surface area contributed by atoms with E-state index in [4.69, 9.17) is 11.5 Å². The molecule has 0 amide bonds. The molecule has 0 aliphatic heterocycles. The Morgan fingerprint density at radius 1 is 0.538 bits per heavy atom. The summed E-state index contributed by atoms with van der Waals surface area (Å²) < 4.78 is 0. The zero-order valence-corrected chi connectivity index (χ0v) is 24.1. The van der Waals surface area contributed by atoms with E-state index < -0.39 is 0 Å². The monoisotopic (exact) mass is 516 g/mol. The quantitative estimate of drug-likeness (QED) is 0.240. The van der Waals surface area contributed by atoms with Crippen LogP contribution in [0.4, 0.5) is 11.4 Å². The highest BCUT2D eigenvalue weighted by Gasteiger charge is 2.27. The Morgan fingerprint density at radius 2 is 0.923 bits per heavy atom. The van der Waals surface area contributed by atoms with Crippen molar-refractivity contribution in [1.29, 1.82) is 0 Å². The maximum atomic E-state index is 6.01. The van der Waals surface area contributed by atoms with Crippen LogP contribution >= 0.6 is 0 Å². The highest BCUT2D eigenvalue weighted by atomic mass is 14.5. The Balaban J connectivity index is 1.43. The van der Waals surface area contributed by atoms with E-state index >= 15 is 0 Å². The standard InChI is InChI=1S/C37H44N2/c1-24-22-33(38)18-20-35(24)26(3)28-10-14-31(15-11-28)37(30-8-6-5-7-9-30)32-16-12-29(13-17-32)27(4)36-21-19-34(39)23-25(36)2/h10-23,26-27,30,37H,5-9,38-39H2,1-4H3. The van der Waals surface area contributed by atoms with E-state index in [0.717, 1.165) is 11.4 Å². The molecule has 5 rings (SSSR count). The van der Waals surface area contributed by atoms with Crippen LogP contribution in [0.25, 0.3) is 0 Å². The molecule has 0 aromatic heterocycles. The van der Waals surface area contributed by atoms with Gasteiger partial charge in [0.15, 0.2) is 0 Å². The van der Waals surface area contributed by atoms with Gasteiger partial charge in [0.2, 0.25) is 0 Å². The zero-order valence-electron chi connectivity index (χ0n) is 24.1. The van der Waals surface area contributed by atoms with Crippen LogP contribution < -0.4 is 11.5 Å². The van der Waals surface area contributed by atoms with Crippen LogP contribution in [0.5, 0.6) is 0 Å². The highest BCUT2D eigenvalue weighted by Crippen LogP contribution is 2.42. The van der Waals surface area contributed by atoms with Gasteiger partial charge in [0.25, 0.3) is 0 Å². The van der Waals surface area contributed by atoms with Crippen molar-refractivity contribution >= 4 is 11.4 Å². The largest absolute Gasteiger partial charge is 0.399 e. The third-order valence-electron chi connectivity index (χ3n) is 9.23. The van der Waals surface area contributed by atoms with E-state index in [1.165, 1.54) is 76.6 Å². The minimum Gasteiger partial charge on any atom is -0.399 e. The molecule has 2 atom stereocenters. The predicted molar refractivity (Wildman–Crippen MR) is 168 cm³/mol. The van der Waals surface area contributed by atoms with E-state index in [1.54, 1.807) is 0 Å². The Bertz CT molecular complexity index is 1290. The van der Waals surface area contributed by atoms with Gasteiger partial charge in [0.1, 0.15) is 0 Å². The molecule has 0 saturated heterocycles. The number of nitrogens with two attached hydrogens (primary N) is 2. The van der Waals surface area contributed by atoms with Gasteiger partial charge in [-0.2, -0.15) is 0 Å². The third-order valence-corrected chi connectivity index (χ3v) is 9.23. The number of aryl methyl sites for hydroxylation is 2. The van der Waals surface area contributed by atoms with Crippen molar-refractivity contribution in [3.63, 3.8) is 0 Å². The van der Waals surface area contributed by atoms with Crippen molar-refractivity contribution < 1.29 is 0 Å². The number of hydrogen-bond acceptors (Lipinski definition) is 2. The molecule has 1 aliphatic rings. The highest BCUT2D eigenvalue weighted by molar-refractivity contribution is 5.49. The number of anilines is 2. The lowest BCUT2D eigenvalue weighted by molar-refractivity contribution is 0.327. The molecule has 4 aromatic rings. The molecule has 0 radical (unpaired) electrons. The molecule has 1 aliphatic carbocycles. The minimum atomic E-state index is 0.338. The summed E-state index contributed by atoms with van der Waals surface area (Å²) in [5.74, 6) is 1.82. The molecule has 39 heavy (non-hydrogen) atoms. The molecule has 1 saturated carbocycles. The topological polar surface area (TPSA) is 52.0 Å². The molecule has 0 heterocycles. The maximum absolute atomic E-state index is 6.01. The van der Waals surface area contributed by atoms with Crippen molar-refractivity contribution in [2.24, 2.45) is 5.92 Å². The summed E-state index contributed by atoms with van der Waals surface area (Å²) >= 11 is 0. The van der Waals surface area contributed by atoms with Crippen molar-refractivity contribution in [3.05, 3.63) is 129 Å². The van der Waals surface area contributed by atoms with Crippen LogP contribution in [0.15, 0.2) is 84.9 Å². The first-order valence-electron chi connectivity index (χ1n) is 14.7. The first-order valence-corrected chi connectivity index (χ1v) is 14.7. The second kappa shape index (κ2) is 11.7. The van der Waals surface area contributed by atoms with Crippen LogP contribution in [-0.2, 0) is 0 Å². The van der Waals surface area contributed by atoms with Crippen LogP contribution in [0.2, 0.25) is 0 Å². The molecule has 4 N–H and O–H groups in total. The lowest BCUT2D eigenvalue weighted by atomic mass is 9.73. The fourth-order valence-corrected chi connectivity index (χ4v) is 6.92. The number of nitrogen functional groups attached to an aromatic ring is 2. The molecule has 0 bridgehead atoms. The van der Waals surface area contributed by atoms with E-state index in [9.17, 15) is 0 Å². The molecule has 2 nitrogen and oxygen atoms in total. The maximum Gasteiger partial charge on any atom is 0.0316 e. The molecule has 202 valence electrons. The van der Waals surface area contributed by atoms with E-state index in [1.807, 2.05) is 12.1 Å². The van der Waals surface area contributed by atoms with Gasteiger partial charge < -0.3 is 11.5 Å². The molecule has 4 aromatic carbocycles. The Morgan fingerprint density at radius 3 is 1.31 bits per heavy atom. The van der Waals surface area contributed by atoms with Gasteiger partial charge in [0.05, 0.1) is 0 Å². The average molecular weight is 517 g/mol.